The smallest absolute Gasteiger partial charge is 0.139 e. The lowest BCUT2D eigenvalue weighted by Crippen LogP contribution is -1.85. The summed E-state index contributed by atoms with van der Waals surface area (Å²) >= 11 is 1.54. The van der Waals surface area contributed by atoms with Gasteiger partial charge in [0.25, 0.3) is 0 Å². The van der Waals surface area contributed by atoms with Crippen LogP contribution in [0.25, 0.3) is 0 Å². The van der Waals surface area contributed by atoms with E-state index in [1.54, 1.807) is 24.8 Å². The van der Waals surface area contributed by atoms with Gasteiger partial charge in [-0.1, -0.05) is 19.1 Å². The van der Waals surface area contributed by atoms with Gasteiger partial charge in [-0.3, -0.25) is 0 Å². The van der Waals surface area contributed by atoms with Crippen molar-refractivity contribution in [2.24, 2.45) is 0 Å². The van der Waals surface area contributed by atoms with Gasteiger partial charge in [0.1, 0.15) is 5.82 Å². The molecule has 0 aliphatic heterocycles. The first-order valence-electron chi connectivity index (χ1n) is 3.63. The summed E-state index contributed by atoms with van der Waals surface area (Å²) in [6, 6.07) is 5.49. The summed E-state index contributed by atoms with van der Waals surface area (Å²) in [4.78, 5) is 0.757. The molecule has 2 heteroatoms. The Morgan fingerprint density at radius 3 is 2.82 bits per heavy atom. The average Bonchev–Trinajstić information content (AvgIpc) is 1.99. The van der Waals surface area contributed by atoms with Crippen LogP contribution >= 0.6 is 11.8 Å². The van der Waals surface area contributed by atoms with Crippen LogP contribution < -0.4 is 0 Å². The number of aryl methyl sites for hydroxylation is 1. The summed E-state index contributed by atoms with van der Waals surface area (Å²) in [6.07, 6.45) is 0. The lowest BCUT2D eigenvalue weighted by atomic mass is 10.2. The molecule has 0 saturated carbocycles. The van der Waals surface area contributed by atoms with Crippen molar-refractivity contribution in [3.8, 4) is 0 Å². The fraction of sp³-hybridized carbons (Fsp3) is 0.333. The molecule has 11 heavy (non-hydrogen) atoms. The fourth-order valence-corrected chi connectivity index (χ4v) is 1.66. The number of rotatable bonds is 2. The highest BCUT2D eigenvalue weighted by molar-refractivity contribution is 7.99. The second kappa shape index (κ2) is 3.77. The monoisotopic (exact) mass is 170 g/mol. The zero-order valence-electron chi connectivity index (χ0n) is 6.73. The Labute approximate surface area is 70.8 Å². The molecular weight excluding hydrogens is 159 g/mol. The number of halogens is 1. The van der Waals surface area contributed by atoms with Crippen molar-refractivity contribution in [1.29, 1.82) is 0 Å². The first kappa shape index (κ1) is 8.60. The Hall–Kier alpha value is -0.500. The van der Waals surface area contributed by atoms with Crippen molar-refractivity contribution in [2.45, 2.75) is 18.7 Å². The van der Waals surface area contributed by atoms with E-state index in [1.807, 2.05) is 19.1 Å². The Morgan fingerprint density at radius 1 is 1.45 bits per heavy atom. The molecular formula is C9H11FS. The first-order chi connectivity index (χ1) is 5.25. The predicted octanol–water partition coefficient (Wildman–Crippen LogP) is 3.25. The van der Waals surface area contributed by atoms with Crippen LogP contribution in [0.3, 0.4) is 0 Å². The van der Waals surface area contributed by atoms with Crippen LogP contribution in [0.1, 0.15) is 12.5 Å². The molecule has 0 saturated heterocycles. The van der Waals surface area contributed by atoms with E-state index in [2.05, 4.69) is 0 Å². The molecule has 0 heterocycles. The fourth-order valence-electron chi connectivity index (χ4n) is 0.887. The van der Waals surface area contributed by atoms with Gasteiger partial charge in [-0.25, -0.2) is 4.39 Å². The van der Waals surface area contributed by atoms with E-state index in [0.717, 1.165) is 16.2 Å². The van der Waals surface area contributed by atoms with E-state index in [4.69, 9.17) is 0 Å². The van der Waals surface area contributed by atoms with Gasteiger partial charge in [-0.05, 0) is 24.3 Å². The minimum atomic E-state index is -0.0700. The third-order valence-corrected chi connectivity index (χ3v) is 2.37. The van der Waals surface area contributed by atoms with Crippen LogP contribution in [0, 0.1) is 12.7 Å². The Kier molecular flexibility index (Phi) is 2.94. The van der Waals surface area contributed by atoms with Gasteiger partial charge in [0.05, 0.1) is 0 Å². The van der Waals surface area contributed by atoms with E-state index in [0.29, 0.717) is 0 Å². The maximum absolute atomic E-state index is 13.2. The maximum atomic E-state index is 13.2. The Bertz CT molecular complexity index is 245. The molecule has 0 N–H and O–H groups in total. The lowest BCUT2D eigenvalue weighted by Gasteiger charge is -2.01. The van der Waals surface area contributed by atoms with Crippen LogP contribution in [0.4, 0.5) is 4.39 Å². The highest BCUT2D eigenvalue weighted by Crippen LogP contribution is 2.22. The number of thioether (sulfide) groups is 1. The summed E-state index contributed by atoms with van der Waals surface area (Å²) in [5.74, 6) is 0.847. The van der Waals surface area contributed by atoms with Crippen molar-refractivity contribution in [1.82, 2.24) is 0 Å². The third-order valence-electron chi connectivity index (χ3n) is 1.46. The maximum Gasteiger partial charge on any atom is 0.139 e. The van der Waals surface area contributed by atoms with Crippen LogP contribution in [0.2, 0.25) is 0 Å². The van der Waals surface area contributed by atoms with E-state index in [1.165, 1.54) is 0 Å². The molecule has 0 spiro atoms. The molecule has 0 aromatic heterocycles. The van der Waals surface area contributed by atoms with Gasteiger partial charge in [0, 0.05) is 4.90 Å². The number of benzene rings is 1. The third kappa shape index (κ3) is 1.96. The highest BCUT2D eigenvalue weighted by Gasteiger charge is 2.02. The molecule has 0 fully saturated rings. The van der Waals surface area contributed by atoms with Crippen molar-refractivity contribution >= 4 is 11.8 Å². The molecule has 0 aliphatic rings. The quantitative estimate of drug-likeness (QED) is 0.614. The second-order valence-electron chi connectivity index (χ2n) is 2.32. The van der Waals surface area contributed by atoms with Gasteiger partial charge < -0.3 is 0 Å². The second-order valence-corrected chi connectivity index (χ2v) is 3.63. The molecule has 0 atom stereocenters. The molecule has 1 aromatic carbocycles. The zero-order chi connectivity index (χ0) is 8.27. The van der Waals surface area contributed by atoms with Crippen molar-refractivity contribution in [2.75, 3.05) is 5.75 Å². The molecule has 60 valence electrons. The molecule has 0 amide bonds. The SMILES string of the molecule is CCSc1cccc(C)c1F. The summed E-state index contributed by atoms with van der Waals surface area (Å²) in [5, 5.41) is 0. The van der Waals surface area contributed by atoms with Crippen molar-refractivity contribution < 1.29 is 4.39 Å². The minimum absolute atomic E-state index is 0.0700. The average molecular weight is 170 g/mol. The lowest BCUT2D eigenvalue weighted by molar-refractivity contribution is 0.592. The van der Waals surface area contributed by atoms with E-state index < -0.39 is 0 Å². The summed E-state index contributed by atoms with van der Waals surface area (Å²) in [5.41, 5.74) is 0.725. The standard InChI is InChI=1S/C9H11FS/c1-3-11-8-6-4-5-7(2)9(8)10/h4-6H,3H2,1-2H3. The molecule has 1 aromatic rings. The largest absolute Gasteiger partial charge is 0.205 e. The van der Waals surface area contributed by atoms with Crippen LogP contribution in [0.5, 0.6) is 0 Å². The summed E-state index contributed by atoms with van der Waals surface area (Å²) < 4.78 is 13.2. The van der Waals surface area contributed by atoms with E-state index in [9.17, 15) is 4.39 Å². The van der Waals surface area contributed by atoms with E-state index >= 15 is 0 Å². The first-order valence-corrected chi connectivity index (χ1v) is 4.62. The summed E-state index contributed by atoms with van der Waals surface area (Å²) in [7, 11) is 0. The predicted molar refractivity (Wildman–Crippen MR) is 47.5 cm³/mol. The molecule has 0 unspecified atom stereocenters. The van der Waals surface area contributed by atoms with Gasteiger partial charge in [0.2, 0.25) is 0 Å². The van der Waals surface area contributed by atoms with Crippen molar-refractivity contribution in [3.05, 3.63) is 29.6 Å². The van der Waals surface area contributed by atoms with Gasteiger partial charge >= 0.3 is 0 Å². The van der Waals surface area contributed by atoms with Crippen LogP contribution in [0.15, 0.2) is 23.1 Å². The van der Waals surface area contributed by atoms with E-state index in [-0.39, 0.29) is 5.82 Å². The van der Waals surface area contributed by atoms with Crippen molar-refractivity contribution in [3.63, 3.8) is 0 Å². The molecule has 1 rings (SSSR count). The number of hydrogen-bond acceptors (Lipinski definition) is 1. The summed E-state index contributed by atoms with van der Waals surface area (Å²) in [6.45, 7) is 3.81. The molecule has 0 nitrogen and oxygen atoms in total. The minimum Gasteiger partial charge on any atom is -0.205 e. The van der Waals surface area contributed by atoms with Crippen LogP contribution in [-0.2, 0) is 0 Å². The highest BCUT2D eigenvalue weighted by atomic mass is 32.2. The van der Waals surface area contributed by atoms with Gasteiger partial charge in [-0.15, -0.1) is 11.8 Å². The van der Waals surface area contributed by atoms with Gasteiger partial charge in [-0.2, -0.15) is 0 Å². The van der Waals surface area contributed by atoms with Gasteiger partial charge in [0.15, 0.2) is 0 Å². The molecule has 0 aliphatic carbocycles. The molecule has 0 bridgehead atoms. The number of hydrogen-bond donors (Lipinski definition) is 0. The normalized spacial score (nSPS) is 10.1. The Morgan fingerprint density at radius 2 is 2.18 bits per heavy atom. The zero-order valence-corrected chi connectivity index (χ0v) is 7.54. The topological polar surface area (TPSA) is 0 Å². The van der Waals surface area contributed by atoms with Crippen LogP contribution in [-0.4, -0.2) is 5.75 Å². The molecule has 0 radical (unpaired) electrons. The Balaban J connectivity index is 2.96.